The minimum absolute atomic E-state index is 0.0415. The SMILES string of the molecule is CC[C@H](NC(=O)N1CC[C@H]2OCCN(C)[C@H]2C1)c1ccc(C)cc1. The van der Waals surface area contributed by atoms with Crippen molar-refractivity contribution in [2.75, 3.05) is 33.3 Å². The van der Waals surface area contributed by atoms with Crippen LogP contribution < -0.4 is 5.32 Å². The van der Waals surface area contributed by atoms with E-state index in [1.54, 1.807) is 0 Å². The van der Waals surface area contributed by atoms with Gasteiger partial charge in [0.1, 0.15) is 0 Å². The van der Waals surface area contributed by atoms with Crippen LogP contribution in [0.4, 0.5) is 4.79 Å². The molecule has 0 spiro atoms. The fourth-order valence-corrected chi connectivity index (χ4v) is 3.69. The molecule has 24 heavy (non-hydrogen) atoms. The molecule has 0 unspecified atom stereocenters. The molecular weight excluding hydrogens is 302 g/mol. The smallest absolute Gasteiger partial charge is 0.317 e. The van der Waals surface area contributed by atoms with E-state index in [1.165, 1.54) is 11.1 Å². The number of aryl methyl sites for hydroxylation is 1. The van der Waals surface area contributed by atoms with Crippen LogP contribution in [0.2, 0.25) is 0 Å². The van der Waals surface area contributed by atoms with Gasteiger partial charge in [-0.3, -0.25) is 4.90 Å². The molecule has 0 saturated carbocycles. The second-order valence-electron chi connectivity index (χ2n) is 7.01. The molecule has 5 heteroatoms. The highest BCUT2D eigenvalue weighted by molar-refractivity contribution is 5.75. The van der Waals surface area contributed by atoms with Crippen LogP contribution in [0.15, 0.2) is 24.3 Å². The van der Waals surface area contributed by atoms with Crippen LogP contribution in [0.1, 0.15) is 36.9 Å². The second-order valence-corrected chi connectivity index (χ2v) is 7.01. The third kappa shape index (κ3) is 3.73. The zero-order valence-corrected chi connectivity index (χ0v) is 15.0. The highest BCUT2D eigenvalue weighted by Gasteiger charge is 2.37. The molecule has 5 nitrogen and oxygen atoms in total. The number of likely N-dealkylation sites (tertiary alicyclic amines) is 1. The van der Waals surface area contributed by atoms with Gasteiger partial charge in [0.15, 0.2) is 0 Å². The highest BCUT2D eigenvalue weighted by atomic mass is 16.5. The number of hydrogen-bond donors (Lipinski definition) is 1. The van der Waals surface area contributed by atoms with Gasteiger partial charge in [0.2, 0.25) is 0 Å². The molecule has 1 aromatic carbocycles. The van der Waals surface area contributed by atoms with Crippen molar-refractivity contribution in [2.45, 2.75) is 44.9 Å². The lowest BCUT2D eigenvalue weighted by Gasteiger charge is -2.45. The van der Waals surface area contributed by atoms with Gasteiger partial charge in [0.25, 0.3) is 0 Å². The molecule has 0 radical (unpaired) electrons. The second kappa shape index (κ2) is 7.53. The molecule has 2 saturated heterocycles. The van der Waals surface area contributed by atoms with Crippen molar-refractivity contribution in [3.63, 3.8) is 0 Å². The van der Waals surface area contributed by atoms with E-state index in [0.29, 0.717) is 6.04 Å². The molecule has 0 bridgehead atoms. The number of carbonyl (C=O) groups excluding carboxylic acids is 1. The van der Waals surface area contributed by atoms with Crippen LogP contribution in [-0.4, -0.2) is 61.3 Å². The van der Waals surface area contributed by atoms with Crippen molar-refractivity contribution in [3.05, 3.63) is 35.4 Å². The Hall–Kier alpha value is -1.59. The average molecular weight is 331 g/mol. The first-order valence-electron chi connectivity index (χ1n) is 9.02. The molecule has 0 aliphatic carbocycles. The number of urea groups is 1. The summed E-state index contributed by atoms with van der Waals surface area (Å²) in [5, 5.41) is 3.21. The lowest BCUT2D eigenvalue weighted by Crippen LogP contribution is -2.60. The number of nitrogens with zero attached hydrogens (tertiary/aromatic N) is 2. The zero-order valence-electron chi connectivity index (χ0n) is 15.0. The lowest BCUT2D eigenvalue weighted by molar-refractivity contribution is -0.0882. The Bertz CT molecular complexity index is 560. The van der Waals surface area contributed by atoms with Crippen LogP contribution in [0.5, 0.6) is 0 Å². The Morgan fingerprint density at radius 3 is 2.79 bits per heavy atom. The molecule has 2 heterocycles. The standard InChI is InChI=1S/C19H29N3O2/c1-4-16(15-7-5-14(2)6-8-15)20-19(23)22-10-9-18-17(13-22)21(3)11-12-24-18/h5-8,16-18H,4,9-13H2,1-3H3,(H,20,23)/t16-,17-,18+/m0/s1. The van der Waals surface area contributed by atoms with Crippen LogP contribution in [-0.2, 0) is 4.74 Å². The average Bonchev–Trinajstić information content (AvgIpc) is 2.60. The summed E-state index contributed by atoms with van der Waals surface area (Å²) >= 11 is 0. The summed E-state index contributed by atoms with van der Waals surface area (Å²) in [5.41, 5.74) is 2.41. The minimum Gasteiger partial charge on any atom is -0.375 e. The van der Waals surface area contributed by atoms with Crippen molar-refractivity contribution >= 4 is 6.03 Å². The Morgan fingerprint density at radius 1 is 1.33 bits per heavy atom. The number of fused-ring (bicyclic) bond motifs is 1. The summed E-state index contributed by atoms with van der Waals surface area (Å²) in [5.74, 6) is 0. The number of carbonyl (C=O) groups is 1. The first kappa shape index (κ1) is 17.2. The summed E-state index contributed by atoms with van der Waals surface area (Å²) in [7, 11) is 2.13. The molecule has 2 aliphatic heterocycles. The Labute approximate surface area is 145 Å². The van der Waals surface area contributed by atoms with E-state index in [0.717, 1.165) is 39.1 Å². The largest absolute Gasteiger partial charge is 0.375 e. The fourth-order valence-electron chi connectivity index (χ4n) is 3.69. The topological polar surface area (TPSA) is 44.8 Å². The van der Waals surface area contributed by atoms with E-state index in [1.807, 2.05) is 4.90 Å². The maximum atomic E-state index is 12.7. The van der Waals surface area contributed by atoms with Crippen molar-refractivity contribution in [2.24, 2.45) is 0 Å². The van der Waals surface area contributed by atoms with Crippen molar-refractivity contribution in [3.8, 4) is 0 Å². The molecule has 3 atom stereocenters. The quantitative estimate of drug-likeness (QED) is 0.926. The highest BCUT2D eigenvalue weighted by Crippen LogP contribution is 2.23. The first-order valence-corrected chi connectivity index (χ1v) is 9.02. The Kier molecular flexibility index (Phi) is 5.41. The lowest BCUT2D eigenvalue weighted by atomic mass is 9.99. The summed E-state index contributed by atoms with van der Waals surface area (Å²) in [4.78, 5) is 17.0. The van der Waals surface area contributed by atoms with Gasteiger partial charge >= 0.3 is 6.03 Å². The van der Waals surface area contributed by atoms with E-state index in [4.69, 9.17) is 4.74 Å². The van der Waals surface area contributed by atoms with Gasteiger partial charge in [0, 0.05) is 19.6 Å². The number of rotatable bonds is 3. The minimum atomic E-state index is 0.0415. The molecule has 132 valence electrons. The summed E-state index contributed by atoms with van der Waals surface area (Å²) < 4.78 is 5.86. The Balaban J connectivity index is 1.62. The van der Waals surface area contributed by atoms with Crippen molar-refractivity contribution in [1.29, 1.82) is 0 Å². The third-order valence-electron chi connectivity index (χ3n) is 5.34. The number of morpholine rings is 1. The maximum Gasteiger partial charge on any atom is 0.317 e. The molecule has 2 aliphatic rings. The number of nitrogens with one attached hydrogen (secondary N) is 1. The van der Waals surface area contributed by atoms with Crippen LogP contribution in [0, 0.1) is 6.92 Å². The molecule has 3 rings (SSSR count). The van der Waals surface area contributed by atoms with E-state index in [2.05, 4.69) is 55.4 Å². The molecule has 0 aromatic heterocycles. The van der Waals surface area contributed by atoms with E-state index in [9.17, 15) is 4.79 Å². The van der Waals surface area contributed by atoms with E-state index in [-0.39, 0.29) is 18.2 Å². The number of amides is 2. The van der Waals surface area contributed by atoms with E-state index < -0.39 is 0 Å². The van der Waals surface area contributed by atoms with Gasteiger partial charge in [-0.15, -0.1) is 0 Å². The van der Waals surface area contributed by atoms with Gasteiger partial charge in [-0.2, -0.15) is 0 Å². The Morgan fingerprint density at radius 2 is 2.08 bits per heavy atom. The van der Waals surface area contributed by atoms with Crippen LogP contribution in [0.25, 0.3) is 0 Å². The third-order valence-corrected chi connectivity index (χ3v) is 5.34. The van der Waals surface area contributed by atoms with E-state index >= 15 is 0 Å². The summed E-state index contributed by atoms with van der Waals surface area (Å²) in [6.45, 7) is 7.45. The van der Waals surface area contributed by atoms with Gasteiger partial charge in [-0.05, 0) is 32.4 Å². The number of benzene rings is 1. The number of ether oxygens (including phenoxy) is 1. The monoisotopic (exact) mass is 331 g/mol. The first-order chi connectivity index (χ1) is 11.6. The predicted molar refractivity (Wildman–Crippen MR) is 95.1 cm³/mol. The fraction of sp³-hybridized carbons (Fsp3) is 0.632. The summed E-state index contributed by atoms with van der Waals surface area (Å²) in [6.07, 6.45) is 2.08. The van der Waals surface area contributed by atoms with Gasteiger partial charge in [-0.25, -0.2) is 4.79 Å². The zero-order chi connectivity index (χ0) is 17.1. The molecule has 2 fully saturated rings. The summed E-state index contributed by atoms with van der Waals surface area (Å²) in [6, 6.07) is 8.85. The van der Waals surface area contributed by atoms with Gasteiger partial charge < -0.3 is 15.0 Å². The molecule has 1 aromatic rings. The molecule has 1 N–H and O–H groups in total. The van der Waals surface area contributed by atoms with Crippen molar-refractivity contribution in [1.82, 2.24) is 15.1 Å². The van der Waals surface area contributed by atoms with Gasteiger partial charge in [0.05, 0.1) is 24.8 Å². The van der Waals surface area contributed by atoms with Crippen LogP contribution in [0.3, 0.4) is 0 Å². The number of piperidine rings is 1. The predicted octanol–water partition coefficient (Wildman–Crippen LogP) is 2.56. The van der Waals surface area contributed by atoms with Crippen molar-refractivity contribution < 1.29 is 9.53 Å². The van der Waals surface area contributed by atoms with Crippen LogP contribution >= 0.6 is 0 Å². The maximum absolute atomic E-state index is 12.7. The molecular formula is C19H29N3O2. The van der Waals surface area contributed by atoms with Gasteiger partial charge in [-0.1, -0.05) is 36.8 Å². The normalized spacial score (nSPS) is 25.9. The number of hydrogen-bond acceptors (Lipinski definition) is 3. The number of likely N-dealkylation sites (N-methyl/N-ethyl adjacent to an activating group) is 1. The molecule has 2 amide bonds.